The fourth-order valence-corrected chi connectivity index (χ4v) is 2.50. The fraction of sp³-hybridized carbons (Fsp3) is 0.400. The molecule has 108 valence electrons. The molecule has 0 aliphatic rings. The highest BCUT2D eigenvalue weighted by atomic mass is 14.0. The van der Waals surface area contributed by atoms with Crippen molar-refractivity contribution in [2.24, 2.45) is 0 Å². The van der Waals surface area contributed by atoms with Crippen molar-refractivity contribution >= 4 is 0 Å². The predicted molar refractivity (Wildman–Crippen MR) is 90.8 cm³/mol. The maximum atomic E-state index is 2.22. The number of hydrogen-bond donors (Lipinski definition) is 0. The van der Waals surface area contributed by atoms with Gasteiger partial charge in [0.2, 0.25) is 0 Å². The van der Waals surface area contributed by atoms with Crippen molar-refractivity contribution in [3.63, 3.8) is 0 Å². The van der Waals surface area contributed by atoms with E-state index >= 15 is 0 Å². The molecule has 2 rings (SSSR count). The second-order valence-electron chi connectivity index (χ2n) is 6.05. The van der Waals surface area contributed by atoms with E-state index in [1.54, 1.807) is 0 Å². The maximum Gasteiger partial charge on any atom is -0.0392 e. The van der Waals surface area contributed by atoms with Crippen LogP contribution in [0.15, 0.2) is 24.3 Å². The van der Waals surface area contributed by atoms with Crippen LogP contribution >= 0.6 is 0 Å². The van der Waals surface area contributed by atoms with Crippen LogP contribution in [0.5, 0.6) is 0 Å². The molecule has 0 unspecified atom stereocenters. The summed E-state index contributed by atoms with van der Waals surface area (Å²) in [5.74, 6) is 0. The lowest BCUT2D eigenvalue weighted by atomic mass is 10.0. The van der Waals surface area contributed by atoms with E-state index in [2.05, 4.69) is 79.7 Å². The molecular weight excluding hydrogens is 240 g/mol. The molecule has 0 aromatic heterocycles. The molecule has 0 radical (unpaired) electrons. The van der Waals surface area contributed by atoms with Gasteiger partial charge in [-0.2, -0.15) is 0 Å². The van der Waals surface area contributed by atoms with E-state index in [9.17, 15) is 0 Å². The van der Waals surface area contributed by atoms with Crippen molar-refractivity contribution in [1.82, 2.24) is 0 Å². The standard InChI is InChI=1S/2C10H14/c2*1-7-5-8(2)10(4)9(3)6-7/h2*5-6H,1-4H3. The van der Waals surface area contributed by atoms with Gasteiger partial charge < -0.3 is 0 Å². The molecule has 0 fully saturated rings. The van der Waals surface area contributed by atoms with Crippen LogP contribution < -0.4 is 0 Å². The van der Waals surface area contributed by atoms with Gasteiger partial charge in [-0.15, -0.1) is 0 Å². The van der Waals surface area contributed by atoms with Crippen molar-refractivity contribution in [1.29, 1.82) is 0 Å². The van der Waals surface area contributed by atoms with Crippen LogP contribution in [0.4, 0.5) is 0 Å². The molecule has 0 aliphatic heterocycles. The summed E-state index contributed by atoms with van der Waals surface area (Å²) in [6.07, 6.45) is 0. The number of aryl methyl sites for hydroxylation is 6. The van der Waals surface area contributed by atoms with Crippen LogP contribution in [0, 0.1) is 55.4 Å². The van der Waals surface area contributed by atoms with E-state index in [4.69, 9.17) is 0 Å². The Kier molecular flexibility index (Phi) is 5.56. The van der Waals surface area contributed by atoms with E-state index in [-0.39, 0.29) is 0 Å². The van der Waals surface area contributed by atoms with E-state index in [1.165, 1.54) is 44.5 Å². The van der Waals surface area contributed by atoms with Crippen LogP contribution in [0.3, 0.4) is 0 Å². The Labute approximate surface area is 124 Å². The third-order valence-corrected chi connectivity index (χ3v) is 4.14. The Morgan fingerprint density at radius 1 is 0.400 bits per heavy atom. The van der Waals surface area contributed by atoms with Gasteiger partial charge in [-0.25, -0.2) is 0 Å². The van der Waals surface area contributed by atoms with Gasteiger partial charge in [-0.1, -0.05) is 35.4 Å². The summed E-state index contributed by atoms with van der Waals surface area (Å²) in [6, 6.07) is 8.90. The third kappa shape index (κ3) is 4.23. The van der Waals surface area contributed by atoms with E-state index in [1.807, 2.05) is 0 Å². The first-order chi connectivity index (χ1) is 9.22. The largest absolute Gasteiger partial charge is 0.0561 e. The Bertz CT molecular complexity index is 502. The van der Waals surface area contributed by atoms with Crippen LogP contribution in [0.25, 0.3) is 0 Å². The summed E-state index contributed by atoms with van der Waals surface area (Å²) >= 11 is 0. The van der Waals surface area contributed by atoms with Gasteiger partial charge in [-0.3, -0.25) is 0 Å². The topological polar surface area (TPSA) is 0 Å². The van der Waals surface area contributed by atoms with Crippen molar-refractivity contribution in [2.75, 3.05) is 0 Å². The van der Waals surface area contributed by atoms with Crippen molar-refractivity contribution < 1.29 is 0 Å². The average molecular weight is 268 g/mol. The zero-order valence-corrected chi connectivity index (χ0v) is 14.3. The summed E-state index contributed by atoms with van der Waals surface area (Å²) in [4.78, 5) is 0. The molecule has 0 amide bonds. The van der Waals surface area contributed by atoms with Gasteiger partial charge in [0.1, 0.15) is 0 Å². The lowest BCUT2D eigenvalue weighted by Gasteiger charge is -2.04. The first-order valence-electron chi connectivity index (χ1n) is 7.31. The lowest BCUT2D eigenvalue weighted by Crippen LogP contribution is -1.86. The smallest absolute Gasteiger partial charge is 0.0392 e. The zero-order chi connectivity index (χ0) is 15.4. The monoisotopic (exact) mass is 268 g/mol. The molecule has 0 atom stereocenters. The molecule has 0 spiro atoms. The molecule has 0 heteroatoms. The number of rotatable bonds is 0. The molecule has 20 heavy (non-hydrogen) atoms. The minimum absolute atomic E-state index is 1.36. The minimum atomic E-state index is 1.36. The van der Waals surface area contributed by atoms with Gasteiger partial charge in [-0.05, 0) is 88.8 Å². The first-order valence-corrected chi connectivity index (χ1v) is 7.31. The van der Waals surface area contributed by atoms with Gasteiger partial charge in [0.15, 0.2) is 0 Å². The van der Waals surface area contributed by atoms with Crippen LogP contribution in [0.1, 0.15) is 44.5 Å². The van der Waals surface area contributed by atoms with Crippen molar-refractivity contribution in [3.05, 3.63) is 68.8 Å². The summed E-state index contributed by atoms with van der Waals surface area (Å²) in [5.41, 5.74) is 11.2. The highest BCUT2D eigenvalue weighted by molar-refractivity contribution is 5.36. The average Bonchev–Trinajstić information content (AvgIpc) is 2.33. The quantitative estimate of drug-likeness (QED) is 0.563. The molecule has 2 aromatic rings. The Balaban J connectivity index is 0.000000200. The Morgan fingerprint density at radius 2 is 0.600 bits per heavy atom. The molecule has 0 bridgehead atoms. The molecule has 0 N–H and O–H groups in total. The summed E-state index contributed by atoms with van der Waals surface area (Å²) < 4.78 is 0. The molecular formula is C20H28. The number of hydrogen-bond acceptors (Lipinski definition) is 0. The predicted octanol–water partition coefficient (Wildman–Crippen LogP) is 5.84. The van der Waals surface area contributed by atoms with E-state index in [0.29, 0.717) is 0 Å². The second-order valence-corrected chi connectivity index (χ2v) is 6.05. The summed E-state index contributed by atoms with van der Waals surface area (Å²) in [6.45, 7) is 17.3. The van der Waals surface area contributed by atoms with Gasteiger partial charge in [0, 0.05) is 0 Å². The summed E-state index contributed by atoms with van der Waals surface area (Å²) in [5, 5.41) is 0. The molecule has 0 heterocycles. The highest BCUT2D eigenvalue weighted by Crippen LogP contribution is 2.14. The molecule has 2 aromatic carbocycles. The number of benzene rings is 2. The molecule has 0 saturated heterocycles. The molecule has 0 aliphatic carbocycles. The normalized spacial score (nSPS) is 10.0. The molecule has 0 saturated carbocycles. The summed E-state index contributed by atoms with van der Waals surface area (Å²) in [7, 11) is 0. The van der Waals surface area contributed by atoms with Crippen LogP contribution in [-0.2, 0) is 0 Å². The molecule has 0 nitrogen and oxygen atoms in total. The third-order valence-electron chi connectivity index (χ3n) is 4.14. The first kappa shape index (κ1) is 16.5. The Hall–Kier alpha value is -1.56. The fourth-order valence-electron chi connectivity index (χ4n) is 2.50. The van der Waals surface area contributed by atoms with Gasteiger partial charge in [0.05, 0.1) is 0 Å². The second kappa shape index (κ2) is 6.74. The highest BCUT2D eigenvalue weighted by Gasteiger charge is 1.96. The van der Waals surface area contributed by atoms with Gasteiger partial charge in [0.25, 0.3) is 0 Å². The van der Waals surface area contributed by atoms with E-state index in [0.717, 1.165) is 0 Å². The zero-order valence-electron chi connectivity index (χ0n) is 14.3. The van der Waals surface area contributed by atoms with Crippen LogP contribution in [-0.4, -0.2) is 0 Å². The SMILES string of the molecule is Cc1cc(C)c(C)c(C)c1.Cc1cc(C)c(C)c(C)c1. The van der Waals surface area contributed by atoms with Crippen molar-refractivity contribution in [2.45, 2.75) is 55.4 Å². The maximum absolute atomic E-state index is 2.22. The van der Waals surface area contributed by atoms with Crippen LogP contribution in [0.2, 0.25) is 0 Å². The van der Waals surface area contributed by atoms with E-state index < -0.39 is 0 Å². The van der Waals surface area contributed by atoms with Gasteiger partial charge >= 0.3 is 0 Å². The minimum Gasteiger partial charge on any atom is -0.0561 e. The van der Waals surface area contributed by atoms with Crippen molar-refractivity contribution in [3.8, 4) is 0 Å². The Morgan fingerprint density at radius 3 is 0.800 bits per heavy atom. The lowest BCUT2D eigenvalue weighted by molar-refractivity contribution is 1.23.